The molecule has 0 saturated carbocycles. The van der Waals surface area contributed by atoms with Crippen LogP contribution in [-0.2, 0) is 13.0 Å². The first-order valence-corrected chi connectivity index (χ1v) is 9.53. The van der Waals surface area contributed by atoms with E-state index in [1.807, 2.05) is 24.0 Å². The van der Waals surface area contributed by atoms with Crippen LogP contribution < -0.4 is 15.7 Å². The number of anilines is 3. The fourth-order valence-corrected chi connectivity index (χ4v) is 3.77. The van der Waals surface area contributed by atoms with Crippen LogP contribution in [0.4, 0.5) is 21.8 Å². The van der Waals surface area contributed by atoms with Gasteiger partial charge in [0.05, 0.1) is 0 Å². The molecule has 1 unspecified atom stereocenters. The normalized spacial score (nSPS) is 15.3. The second-order valence-electron chi connectivity index (χ2n) is 7.33. The number of benzene rings is 2. The summed E-state index contributed by atoms with van der Waals surface area (Å²) in [5, 5.41) is 22.6. The Kier molecular flexibility index (Phi) is 5.21. The Morgan fingerprint density at radius 2 is 2.03 bits per heavy atom. The maximum atomic E-state index is 13.4. The van der Waals surface area contributed by atoms with Crippen LogP contribution >= 0.6 is 0 Å². The number of aromatic nitrogens is 2. The third-order valence-electron chi connectivity index (χ3n) is 5.19. The van der Waals surface area contributed by atoms with Gasteiger partial charge in [-0.1, -0.05) is 24.3 Å². The van der Waals surface area contributed by atoms with Crippen LogP contribution in [0.2, 0.25) is 0 Å². The number of nitrogens with one attached hydrogen (secondary N) is 1. The average Bonchev–Trinajstić information content (AvgIpc) is 3.03. The number of aryl methyl sites for hydroxylation is 1. The highest BCUT2D eigenvalue weighted by molar-refractivity contribution is 6.59. The zero-order chi connectivity index (χ0) is 20.5. The van der Waals surface area contributed by atoms with Crippen LogP contribution in [0.15, 0.2) is 48.7 Å². The van der Waals surface area contributed by atoms with E-state index < -0.39 is 7.12 Å². The first-order chi connectivity index (χ1) is 13.9. The molecule has 3 N–H and O–H groups in total. The predicted molar refractivity (Wildman–Crippen MR) is 112 cm³/mol. The molecule has 1 atom stereocenters. The molecule has 8 heteroatoms. The summed E-state index contributed by atoms with van der Waals surface area (Å²) in [6.07, 6.45) is 2.43. The van der Waals surface area contributed by atoms with Crippen molar-refractivity contribution in [3.63, 3.8) is 0 Å². The molecule has 1 aliphatic rings. The Morgan fingerprint density at radius 1 is 1.24 bits per heavy atom. The predicted octanol–water partition coefficient (Wildman–Crippen LogP) is 2.30. The summed E-state index contributed by atoms with van der Waals surface area (Å²) < 4.78 is 13.4. The molecule has 148 valence electrons. The molecule has 2 heterocycles. The molecule has 0 amide bonds. The lowest BCUT2D eigenvalue weighted by Crippen LogP contribution is -2.32. The van der Waals surface area contributed by atoms with Gasteiger partial charge in [-0.2, -0.15) is 4.98 Å². The van der Waals surface area contributed by atoms with Crippen LogP contribution in [0.25, 0.3) is 0 Å². The van der Waals surface area contributed by atoms with Gasteiger partial charge in [0.1, 0.15) is 11.6 Å². The van der Waals surface area contributed by atoms with Gasteiger partial charge in [-0.15, -0.1) is 0 Å². The molecule has 29 heavy (non-hydrogen) atoms. The van der Waals surface area contributed by atoms with Crippen molar-refractivity contribution in [1.82, 2.24) is 9.97 Å². The van der Waals surface area contributed by atoms with E-state index in [0.29, 0.717) is 30.2 Å². The quantitative estimate of drug-likeness (QED) is 0.579. The molecule has 6 nitrogen and oxygen atoms in total. The van der Waals surface area contributed by atoms with Crippen molar-refractivity contribution >= 4 is 30.0 Å². The summed E-state index contributed by atoms with van der Waals surface area (Å²) in [5.41, 5.74) is 3.99. The standard InChI is InChI=1S/C21H22BFN4O2/c1-13-11-25-21(26-20(13)24-12-15-5-3-6-16(23)10-15)27-14(2)9-17-18(22(28)29)7-4-8-19(17)27/h3-8,10-11,14,28-29H,9,12H2,1-2H3,(H,24,25,26). The second kappa shape index (κ2) is 7.81. The molecular formula is C21H22BFN4O2. The van der Waals surface area contributed by atoms with Crippen molar-refractivity contribution < 1.29 is 14.4 Å². The van der Waals surface area contributed by atoms with Crippen molar-refractivity contribution in [2.45, 2.75) is 32.9 Å². The Morgan fingerprint density at radius 3 is 2.79 bits per heavy atom. The highest BCUT2D eigenvalue weighted by atomic mass is 19.1. The zero-order valence-corrected chi connectivity index (χ0v) is 16.3. The number of rotatable bonds is 5. The Bertz CT molecular complexity index is 1050. The van der Waals surface area contributed by atoms with Gasteiger partial charge in [0.15, 0.2) is 0 Å². The fourth-order valence-electron chi connectivity index (χ4n) is 3.77. The van der Waals surface area contributed by atoms with Crippen molar-refractivity contribution in [1.29, 1.82) is 0 Å². The number of halogens is 1. The molecule has 0 saturated heterocycles. The van der Waals surface area contributed by atoms with Gasteiger partial charge in [0.25, 0.3) is 0 Å². The van der Waals surface area contributed by atoms with E-state index in [4.69, 9.17) is 4.98 Å². The van der Waals surface area contributed by atoms with Crippen LogP contribution in [0.1, 0.15) is 23.6 Å². The molecule has 4 rings (SSSR count). The van der Waals surface area contributed by atoms with Gasteiger partial charge in [0, 0.05) is 30.0 Å². The molecule has 0 radical (unpaired) electrons. The molecule has 0 spiro atoms. The summed E-state index contributed by atoms with van der Waals surface area (Å²) in [6.45, 7) is 4.41. The largest absolute Gasteiger partial charge is 0.488 e. The highest BCUT2D eigenvalue weighted by Crippen LogP contribution is 2.36. The van der Waals surface area contributed by atoms with Crippen molar-refractivity contribution in [2.24, 2.45) is 0 Å². The van der Waals surface area contributed by atoms with E-state index in [-0.39, 0.29) is 11.9 Å². The summed E-state index contributed by atoms with van der Waals surface area (Å²) in [5.74, 6) is 0.945. The Balaban J connectivity index is 1.64. The van der Waals surface area contributed by atoms with Crippen LogP contribution in [0, 0.1) is 12.7 Å². The molecule has 0 fully saturated rings. The van der Waals surface area contributed by atoms with Crippen LogP contribution in [0.5, 0.6) is 0 Å². The number of nitrogens with zero attached hydrogens (tertiary/aromatic N) is 3. The monoisotopic (exact) mass is 392 g/mol. The third kappa shape index (κ3) is 3.81. The van der Waals surface area contributed by atoms with E-state index in [2.05, 4.69) is 17.2 Å². The maximum Gasteiger partial charge on any atom is 0.488 e. The SMILES string of the molecule is Cc1cnc(N2c3cccc(B(O)O)c3CC2C)nc1NCc1cccc(F)c1. The highest BCUT2D eigenvalue weighted by Gasteiger charge is 2.33. The van der Waals surface area contributed by atoms with Gasteiger partial charge in [-0.05, 0) is 55.1 Å². The van der Waals surface area contributed by atoms with Crippen molar-refractivity contribution in [3.05, 3.63) is 71.2 Å². The maximum absolute atomic E-state index is 13.4. The fraction of sp³-hybridized carbons (Fsp3) is 0.238. The third-order valence-corrected chi connectivity index (χ3v) is 5.19. The molecule has 2 aromatic carbocycles. The minimum atomic E-state index is -1.51. The molecular weight excluding hydrogens is 370 g/mol. The molecule has 3 aromatic rings. The van der Waals surface area contributed by atoms with Gasteiger partial charge < -0.3 is 20.3 Å². The van der Waals surface area contributed by atoms with Gasteiger partial charge in [-0.25, -0.2) is 9.37 Å². The molecule has 0 bridgehead atoms. The summed E-state index contributed by atoms with van der Waals surface area (Å²) in [6, 6.07) is 12.0. The van der Waals surface area contributed by atoms with E-state index in [9.17, 15) is 14.4 Å². The van der Waals surface area contributed by atoms with Crippen LogP contribution in [0.3, 0.4) is 0 Å². The van der Waals surface area contributed by atoms with E-state index in [1.165, 1.54) is 12.1 Å². The lowest BCUT2D eigenvalue weighted by atomic mass is 9.76. The Hall–Kier alpha value is -2.97. The average molecular weight is 392 g/mol. The summed E-state index contributed by atoms with van der Waals surface area (Å²) in [4.78, 5) is 11.2. The summed E-state index contributed by atoms with van der Waals surface area (Å²) >= 11 is 0. The van der Waals surface area contributed by atoms with Gasteiger partial charge in [0.2, 0.25) is 5.95 Å². The first kappa shape index (κ1) is 19.4. The minimum absolute atomic E-state index is 0.0728. The molecule has 1 aromatic heterocycles. The van der Waals surface area contributed by atoms with Crippen molar-refractivity contribution in [3.8, 4) is 0 Å². The zero-order valence-electron chi connectivity index (χ0n) is 16.3. The Labute approximate surface area is 169 Å². The molecule has 1 aliphatic heterocycles. The smallest absolute Gasteiger partial charge is 0.423 e. The number of hydrogen-bond donors (Lipinski definition) is 3. The van der Waals surface area contributed by atoms with Crippen molar-refractivity contribution in [2.75, 3.05) is 10.2 Å². The summed E-state index contributed by atoms with van der Waals surface area (Å²) in [7, 11) is -1.51. The number of fused-ring (bicyclic) bond motifs is 1. The molecule has 0 aliphatic carbocycles. The van der Waals surface area contributed by atoms with Gasteiger partial charge >= 0.3 is 7.12 Å². The van der Waals surface area contributed by atoms with Crippen LogP contribution in [-0.4, -0.2) is 33.2 Å². The topological polar surface area (TPSA) is 81.5 Å². The second-order valence-corrected chi connectivity index (χ2v) is 7.33. The van der Waals surface area contributed by atoms with Gasteiger partial charge in [-0.3, -0.25) is 0 Å². The number of hydrogen-bond acceptors (Lipinski definition) is 6. The van der Waals surface area contributed by atoms with E-state index in [0.717, 1.165) is 22.4 Å². The van der Waals surface area contributed by atoms with E-state index in [1.54, 1.807) is 24.4 Å². The lowest BCUT2D eigenvalue weighted by Gasteiger charge is -2.23. The minimum Gasteiger partial charge on any atom is -0.423 e. The van der Waals surface area contributed by atoms with E-state index >= 15 is 0 Å². The lowest BCUT2D eigenvalue weighted by molar-refractivity contribution is 0.425. The first-order valence-electron chi connectivity index (χ1n) is 9.53.